The first-order valence-corrected chi connectivity index (χ1v) is 8.55. The summed E-state index contributed by atoms with van der Waals surface area (Å²) < 4.78 is 0.723. The molecule has 3 nitrogen and oxygen atoms in total. The van der Waals surface area contributed by atoms with Crippen molar-refractivity contribution >= 4 is 46.3 Å². The number of carbonyl (C=O) groups is 1. The summed E-state index contributed by atoms with van der Waals surface area (Å²) in [4.78, 5) is 16.2. The quantitative estimate of drug-likeness (QED) is 0.809. The molecule has 1 amide bonds. The number of likely N-dealkylation sites (N-methyl/N-ethyl adjacent to an activating group) is 1. The molecule has 2 heterocycles. The summed E-state index contributed by atoms with van der Waals surface area (Å²) in [5.74, 6) is -0.0945. The summed E-state index contributed by atoms with van der Waals surface area (Å²) in [7, 11) is 4.03. The van der Waals surface area contributed by atoms with Crippen molar-refractivity contribution in [3.63, 3.8) is 0 Å². The van der Waals surface area contributed by atoms with Crippen molar-refractivity contribution < 1.29 is 4.79 Å². The number of hydrogen-bond donors (Lipinski definition) is 1. The summed E-state index contributed by atoms with van der Waals surface area (Å²) >= 11 is 9.00. The SMILES string of the molecule is CN(C)C(CNC(=O)/C=C/c1ccc(Cl)s1)c1cccs1. The Bertz CT molecular complexity index is 605. The number of amides is 1. The highest BCUT2D eigenvalue weighted by molar-refractivity contribution is 7.17. The van der Waals surface area contributed by atoms with Crippen molar-refractivity contribution in [3.05, 3.63) is 49.8 Å². The molecule has 0 radical (unpaired) electrons. The van der Waals surface area contributed by atoms with Gasteiger partial charge in [0.15, 0.2) is 0 Å². The van der Waals surface area contributed by atoms with Gasteiger partial charge in [0.05, 0.1) is 10.4 Å². The standard InChI is InChI=1S/C15H17ClN2OS2/c1-18(2)12(13-4-3-9-20-13)10-17-15(19)8-6-11-5-7-14(16)21-11/h3-9,12H,10H2,1-2H3,(H,17,19)/b8-6+. The van der Waals surface area contributed by atoms with Crippen LogP contribution in [0.3, 0.4) is 0 Å². The number of thiophene rings is 2. The molecule has 6 heteroatoms. The van der Waals surface area contributed by atoms with Crippen molar-refractivity contribution in [2.45, 2.75) is 6.04 Å². The maximum Gasteiger partial charge on any atom is 0.244 e. The van der Waals surface area contributed by atoms with Gasteiger partial charge in [-0.25, -0.2) is 0 Å². The van der Waals surface area contributed by atoms with Crippen LogP contribution >= 0.6 is 34.3 Å². The van der Waals surface area contributed by atoms with Crippen molar-refractivity contribution in [1.82, 2.24) is 10.2 Å². The van der Waals surface area contributed by atoms with Crippen molar-refractivity contribution in [3.8, 4) is 0 Å². The highest BCUT2D eigenvalue weighted by Crippen LogP contribution is 2.23. The lowest BCUT2D eigenvalue weighted by molar-refractivity contribution is -0.116. The van der Waals surface area contributed by atoms with E-state index >= 15 is 0 Å². The molecule has 0 aliphatic heterocycles. The lowest BCUT2D eigenvalue weighted by Crippen LogP contribution is -2.33. The zero-order valence-electron chi connectivity index (χ0n) is 11.9. The fraction of sp³-hybridized carbons (Fsp3) is 0.267. The molecule has 0 saturated heterocycles. The minimum atomic E-state index is -0.0945. The molecule has 2 aromatic heterocycles. The Labute approximate surface area is 137 Å². The molecular weight excluding hydrogens is 324 g/mol. The van der Waals surface area contributed by atoms with E-state index in [4.69, 9.17) is 11.6 Å². The van der Waals surface area contributed by atoms with Gasteiger partial charge in [0, 0.05) is 22.4 Å². The summed E-state index contributed by atoms with van der Waals surface area (Å²) in [6.45, 7) is 0.585. The van der Waals surface area contributed by atoms with Crippen LogP contribution in [0.5, 0.6) is 0 Å². The first-order chi connectivity index (χ1) is 10.1. The van der Waals surface area contributed by atoms with Gasteiger partial charge in [0.1, 0.15) is 0 Å². The predicted octanol–water partition coefficient (Wildman–Crippen LogP) is 3.90. The summed E-state index contributed by atoms with van der Waals surface area (Å²) in [6.07, 6.45) is 3.32. The molecule has 2 rings (SSSR count). The van der Waals surface area contributed by atoms with Crippen LogP contribution in [-0.2, 0) is 4.79 Å². The van der Waals surface area contributed by atoms with Crippen molar-refractivity contribution in [1.29, 1.82) is 0 Å². The van der Waals surface area contributed by atoms with Crippen LogP contribution in [0.1, 0.15) is 15.8 Å². The highest BCUT2D eigenvalue weighted by Gasteiger charge is 2.15. The second kappa shape index (κ2) is 7.75. The van der Waals surface area contributed by atoms with Gasteiger partial charge in [-0.15, -0.1) is 22.7 Å². The van der Waals surface area contributed by atoms with E-state index in [0.717, 1.165) is 9.21 Å². The molecule has 1 unspecified atom stereocenters. The van der Waals surface area contributed by atoms with Crippen LogP contribution < -0.4 is 5.32 Å². The zero-order chi connectivity index (χ0) is 15.2. The van der Waals surface area contributed by atoms with Crippen LogP contribution in [-0.4, -0.2) is 31.4 Å². The normalized spacial score (nSPS) is 13.0. The van der Waals surface area contributed by atoms with Gasteiger partial charge in [-0.3, -0.25) is 4.79 Å². The van der Waals surface area contributed by atoms with E-state index in [2.05, 4.69) is 16.3 Å². The second-order valence-corrected chi connectivity index (χ2v) is 7.44. The molecule has 112 valence electrons. The molecule has 1 N–H and O–H groups in total. The Balaban J connectivity index is 1.89. The molecule has 0 aliphatic rings. The number of nitrogens with zero attached hydrogens (tertiary/aromatic N) is 1. The van der Waals surface area contributed by atoms with E-state index in [9.17, 15) is 4.79 Å². The molecule has 0 fully saturated rings. The maximum atomic E-state index is 11.9. The first-order valence-electron chi connectivity index (χ1n) is 6.47. The van der Waals surface area contributed by atoms with Crippen LogP contribution in [0.25, 0.3) is 6.08 Å². The molecule has 21 heavy (non-hydrogen) atoms. The maximum absolute atomic E-state index is 11.9. The van der Waals surface area contributed by atoms with Gasteiger partial charge in [-0.05, 0) is 43.8 Å². The summed E-state index contributed by atoms with van der Waals surface area (Å²) in [5, 5.41) is 4.99. The minimum absolute atomic E-state index is 0.0945. The molecule has 0 aliphatic carbocycles. The average molecular weight is 341 g/mol. The number of nitrogens with one attached hydrogen (secondary N) is 1. The zero-order valence-corrected chi connectivity index (χ0v) is 14.3. The topological polar surface area (TPSA) is 32.3 Å². The third kappa shape index (κ3) is 4.97. The highest BCUT2D eigenvalue weighted by atomic mass is 35.5. The number of carbonyl (C=O) groups excluding carboxylic acids is 1. The lowest BCUT2D eigenvalue weighted by Gasteiger charge is -2.23. The molecule has 0 bridgehead atoms. The molecule has 0 aromatic carbocycles. The number of rotatable bonds is 6. The van der Waals surface area contributed by atoms with E-state index in [-0.39, 0.29) is 11.9 Å². The minimum Gasteiger partial charge on any atom is -0.351 e. The monoisotopic (exact) mass is 340 g/mol. The van der Waals surface area contributed by atoms with Crippen LogP contribution in [0.15, 0.2) is 35.7 Å². The number of hydrogen-bond acceptors (Lipinski definition) is 4. The summed E-state index contributed by atoms with van der Waals surface area (Å²) in [5.41, 5.74) is 0. The Morgan fingerprint density at radius 3 is 2.81 bits per heavy atom. The molecule has 0 saturated carbocycles. The molecule has 2 aromatic rings. The van der Waals surface area contributed by atoms with Gasteiger partial charge >= 0.3 is 0 Å². The van der Waals surface area contributed by atoms with Crippen LogP contribution in [0.4, 0.5) is 0 Å². The Hall–Kier alpha value is -1.14. The Kier molecular flexibility index (Phi) is 5.99. The molecular formula is C15H17ClN2OS2. The van der Waals surface area contributed by atoms with Crippen LogP contribution in [0.2, 0.25) is 4.34 Å². The van der Waals surface area contributed by atoms with E-state index < -0.39 is 0 Å². The smallest absolute Gasteiger partial charge is 0.244 e. The Morgan fingerprint density at radius 2 is 2.24 bits per heavy atom. The lowest BCUT2D eigenvalue weighted by atomic mass is 10.2. The van der Waals surface area contributed by atoms with Gasteiger partial charge in [0.25, 0.3) is 0 Å². The third-order valence-corrected chi connectivity index (χ3v) is 5.13. The van der Waals surface area contributed by atoms with E-state index in [0.29, 0.717) is 6.54 Å². The third-order valence-electron chi connectivity index (χ3n) is 2.96. The molecule has 0 spiro atoms. The fourth-order valence-electron chi connectivity index (χ4n) is 1.85. The van der Waals surface area contributed by atoms with Gasteiger partial charge < -0.3 is 10.2 Å². The summed E-state index contributed by atoms with van der Waals surface area (Å²) in [6, 6.07) is 8.02. The Morgan fingerprint density at radius 1 is 1.43 bits per heavy atom. The van der Waals surface area contributed by atoms with Crippen LogP contribution in [0, 0.1) is 0 Å². The van der Waals surface area contributed by atoms with Gasteiger partial charge in [-0.2, -0.15) is 0 Å². The fourth-order valence-corrected chi connectivity index (χ4v) is 3.74. The van der Waals surface area contributed by atoms with E-state index in [1.807, 2.05) is 37.7 Å². The largest absolute Gasteiger partial charge is 0.351 e. The van der Waals surface area contributed by atoms with Crippen molar-refractivity contribution in [2.75, 3.05) is 20.6 Å². The van der Waals surface area contributed by atoms with Gasteiger partial charge in [0.2, 0.25) is 5.91 Å². The first kappa shape index (κ1) is 16.2. The second-order valence-electron chi connectivity index (χ2n) is 4.72. The predicted molar refractivity (Wildman–Crippen MR) is 92.1 cm³/mol. The number of halogens is 1. The van der Waals surface area contributed by atoms with Crippen molar-refractivity contribution in [2.24, 2.45) is 0 Å². The van der Waals surface area contributed by atoms with Gasteiger partial charge in [-0.1, -0.05) is 17.7 Å². The van der Waals surface area contributed by atoms with E-state index in [1.165, 1.54) is 16.2 Å². The molecule has 1 atom stereocenters. The van der Waals surface area contributed by atoms with E-state index in [1.54, 1.807) is 23.5 Å². The average Bonchev–Trinajstić information content (AvgIpc) is 3.08.